The van der Waals surface area contributed by atoms with Gasteiger partial charge in [0.1, 0.15) is 17.3 Å². The summed E-state index contributed by atoms with van der Waals surface area (Å²) in [7, 11) is 0. The third kappa shape index (κ3) is 2.99. The molecule has 0 bridgehead atoms. The van der Waals surface area contributed by atoms with Crippen molar-refractivity contribution in [1.82, 2.24) is 5.16 Å². The number of aryl methyl sites for hydroxylation is 1. The van der Waals surface area contributed by atoms with E-state index in [1.165, 1.54) is 6.92 Å². The van der Waals surface area contributed by atoms with Crippen molar-refractivity contribution in [3.63, 3.8) is 0 Å². The summed E-state index contributed by atoms with van der Waals surface area (Å²) >= 11 is 2.95. The van der Waals surface area contributed by atoms with Gasteiger partial charge in [0.2, 0.25) is 11.7 Å². The van der Waals surface area contributed by atoms with Crippen molar-refractivity contribution in [2.24, 2.45) is 0 Å². The van der Waals surface area contributed by atoms with Crippen LogP contribution in [0.25, 0.3) is 0 Å². The van der Waals surface area contributed by atoms with Crippen molar-refractivity contribution in [3.8, 4) is 0 Å². The fraction of sp³-hybridized carbons (Fsp3) is 0.154. The number of ketones is 1. The minimum atomic E-state index is -1.02. The summed E-state index contributed by atoms with van der Waals surface area (Å²) in [6.45, 7) is 1.46. The van der Waals surface area contributed by atoms with E-state index in [0.29, 0.717) is 0 Å². The smallest absolute Gasteiger partial charge is 0.235 e. The molecule has 0 fully saturated rings. The van der Waals surface area contributed by atoms with Crippen LogP contribution in [0.2, 0.25) is 0 Å². The van der Waals surface area contributed by atoms with Crippen molar-refractivity contribution in [2.75, 3.05) is 10.6 Å². The second-order valence-electron chi connectivity index (χ2n) is 4.07. The third-order valence-corrected chi connectivity index (χ3v) is 3.16. The molecule has 0 saturated heterocycles. The monoisotopic (exact) mass is 358 g/mol. The van der Waals surface area contributed by atoms with Crippen molar-refractivity contribution in [1.29, 1.82) is 0 Å². The lowest BCUT2D eigenvalue weighted by Gasteiger charge is -2.05. The Labute approximate surface area is 126 Å². The lowest BCUT2D eigenvalue weighted by Crippen LogP contribution is -2.16. The Balaban J connectivity index is 2.47. The van der Waals surface area contributed by atoms with Gasteiger partial charge in [-0.15, -0.1) is 0 Å². The molecule has 5 nitrogen and oxygen atoms in total. The summed E-state index contributed by atoms with van der Waals surface area (Å²) in [4.78, 5) is 23.6. The second kappa shape index (κ2) is 6.13. The zero-order valence-electron chi connectivity index (χ0n) is 10.7. The highest BCUT2D eigenvalue weighted by Gasteiger charge is 2.27. The molecule has 0 saturated carbocycles. The van der Waals surface area contributed by atoms with Gasteiger partial charge in [0.25, 0.3) is 0 Å². The first-order chi connectivity index (χ1) is 9.95. The molecule has 1 heterocycles. The average molecular weight is 359 g/mol. The molecule has 0 radical (unpaired) electrons. The number of halogens is 3. The second-order valence-corrected chi connectivity index (χ2v) is 4.63. The van der Waals surface area contributed by atoms with Gasteiger partial charge in [-0.25, -0.2) is 8.78 Å². The summed E-state index contributed by atoms with van der Waals surface area (Å²) in [6.07, 6.45) is 0. The predicted octanol–water partition coefficient (Wildman–Crippen LogP) is 2.83. The van der Waals surface area contributed by atoms with Gasteiger partial charge in [0.05, 0.1) is 10.9 Å². The van der Waals surface area contributed by atoms with Crippen molar-refractivity contribution in [2.45, 2.75) is 6.92 Å². The molecule has 2 aromatic rings. The summed E-state index contributed by atoms with van der Waals surface area (Å²) in [5.41, 5.74) is -1.11. The quantitative estimate of drug-likeness (QED) is 0.673. The van der Waals surface area contributed by atoms with Crippen LogP contribution in [-0.4, -0.2) is 22.2 Å². The molecule has 1 N–H and O–H groups in total. The van der Waals surface area contributed by atoms with Gasteiger partial charge in [-0.1, -0.05) is 27.2 Å². The average Bonchev–Trinajstić information content (AvgIpc) is 2.79. The molecule has 2 rings (SSSR count). The van der Waals surface area contributed by atoms with Crippen molar-refractivity contribution >= 4 is 33.3 Å². The zero-order chi connectivity index (χ0) is 15.6. The summed E-state index contributed by atoms with van der Waals surface area (Å²) in [6, 6.07) is 3.06. The number of rotatable bonds is 4. The molecule has 0 spiro atoms. The predicted molar refractivity (Wildman–Crippen MR) is 73.5 cm³/mol. The molecule has 0 aliphatic heterocycles. The van der Waals surface area contributed by atoms with Crippen LogP contribution in [0, 0.1) is 18.6 Å². The first-order valence-electron chi connectivity index (χ1n) is 5.76. The molecule has 0 aliphatic rings. The number of aromatic nitrogens is 1. The number of carbonyl (C=O) groups excluding carboxylic acids is 2. The third-order valence-electron chi connectivity index (χ3n) is 2.65. The van der Waals surface area contributed by atoms with Gasteiger partial charge in [0, 0.05) is 0 Å². The lowest BCUT2D eigenvalue weighted by atomic mass is 10.1. The van der Waals surface area contributed by atoms with Crippen LogP contribution in [-0.2, 0) is 4.79 Å². The number of benzene rings is 1. The van der Waals surface area contributed by atoms with Crippen molar-refractivity contribution in [3.05, 3.63) is 46.9 Å². The van der Waals surface area contributed by atoms with Crippen molar-refractivity contribution < 1.29 is 22.9 Å². The number of nitrogens with zero attached hydrogens (tertiary/aromatic N) is 1. The van der Waals surface area contributed by atoms with E-state index in [-0.39, 0.29) is 22.5 Å². The zero-order valence-corrected chi connectivity index (χ0v) is 12.3. The highest BCUT2D eigenvalue weighted by Crippen LogP contribution is 2.25. The number of nitrogens with one attached hydrogen (secondary N) is 1. The summed E-state index contributed by atoms with van der Waals surface area (Å²) in [5, 5.41) is 5.85. The molecule has 0 aliphatic carbocycles. The maximum Gasteiger partial charge on any atom is 0.235 e. The number of amides is 1. The SMILES string of the molecule is Cc1onc(C(=O)c2c(F)cccc2F)c1NC(=O)CBr. The molecular formula is C13H9BrF2N2O3. The Morgan fingerprint density at radius 2 is 1.95 bits per heavy atom. The van der Waals surface area contributed by atoms with E-state index in [2.05, 4.69) is 26.4 Å². The highest BCUT2D eigenvalue weighted by molar-refractivity contribution is 9.09. The Morgan fingerprint density at radius 3 is 2.52 bits per heavy atom. The maximum absolute atomic E-state index is 13.6. The molecule has 0 atom stereocenters. The Kier molecular flexibility index (Phi) is 4.46. The van der Waals surface area contributed by atoms with E-state index in [9.17, 15) is 18.4 Å². The molecule has 1 aromatic carbocycles. The van der Waals surface area contributed by atoms with Crippen LogP contribution in [0.15, 0.2) is 22.7 Å². The van der Waals surface area contributed by atoms with Gasteiger partial charge in [-0.3, -0.25) is 9.59 Å². The number of hydrogen-bond acceptors (Lipinski definition) is 4. The normalized spacial score (nSPS) is 10.5. The van der Waals surface area contributed by atoms with Crippen LogP contribution in [0.1, 0.15) is 21.8 Å². The Hall–Kier alpha value is -2.09. The Bertz CT molecular complexity index is 695. The topological polar surface area (TPSA) is 72.2 Å². The fourth-order valence-electron chi connectivity index (χ4n) is 1.68. The van der Waals surface area contributed by atoms with Gasteiger partial charge < -0.3 is 9.84 Å². The molecule has 21 heavy (non-hydrogen) atoms. The van der Waals surface area contributed by atoms with E-state index in [1.54, 1.807) is 0 Å². The molecule has 8 heteroatoms. The van der Waals surface area contributed by atoms with Crippen LogP contribution >= 0.6 is 15.9 Å². The summed E-state index contributed by atoms with van der Waals surface area (Å²) < 4.78 is 32.1. The lowest BCUT2D eigenvalue weighted by molar-refractivity contribution is -0.113. The number of anilines is 1. The number of alkyl halides is 1. The van der Waals surface area contributed by atoms with E-state index in [0.717, 1.165) is 18.2 Å². The van der Waals surface area contributed by atoms with E-state index in [4.69, 9.17) is 4.52 Å². The number of hydrogen-bond donors (Lipinski definition) is 1. The largest absolute Gasteiger partial charge is 0.359 e. The standard InChI is InChI=1S/C13H9BrF2N2O3/c1-6-11(17-9(19)5-14)12(18-21-6)13(20)10-7(15)3-2-4-8(10)16/h2-4H,5H2,1H3,(H,17,19). The van der Waals surface area contributed by atoms with Gasteiger partial charge >= 0.3 is 0 Å². The number of carbonyl (C=O) groups is 2. The molecular weight excluding hydrogens is 350 g/mol. The minimum absolute atomic E-state index is 0.00731. The minimum Gasteiger partial charge on any atom is -0.359 e. The van der Waals surface area contributed by atoms with Gasteiger partial charge in [0.15, 0.2) is 11.5 Å². The molecule has 1 aromatic heterocycles. The van der Waals surface area contributed by atoms with Gasteiger partial charge in [-0.05, 0) is 19.1 Å². The maximum atomic E-state index is 13.6. The highest BCUT2D eigenvalue weighted by atomic mass is 79.9. The molecule has 1 amide bonds. The van der Waals surface area contributed by atoms with Crippen LogP contribution < -0.4 is 5.32 Å². The first kappa shape index (κ1) is 15.3. The van der Waals surface area contributed by atoms with Crippen LogP contribution in [0.4, 0.5) is 14.5 Å². The molecule has 110 valence electrons. The summed E-state index contributed by atoms with van der Waals surface area (Å²) in [5.74, 6) is -3.34. The van der Waals surface area contributed by atoms with Crippen LogP contribution in [0.3, 0.4) is 0 Å². The Morgan fingerprint density at radius 1 is 1.33 bits per heavy atom. The molecule has 0 unspecified atom stereocenters. The fourth-order valence-corrected chi connectivity index (χ4v) is 1.82. The van der Waals surface area contributed by atoms with Gasteiger partial charge in [-0.2, -0.15) is 0 Å². The van der Waals surface area contributed by atoms with E-state index in [1.807, 2.05) is 0 Å². The van der Waals surface area contributed by atoms with E-state index < -0.39 is 28.9 Å². The first-order valence-corrected chi connectivity index (χ1v) is 6.88. The van der Waals surface area contributed by atoms with Crippen LogP contribution in [0.5, 0.6) is 0 Å². The van der Waals surface area contributed by atoms with E-state index >= 15 is 0 Å².